The van der Waals surface area contributed by atoms with Crippen LogP contribution in [-0.4, -0.2) is 22.5 Å². The molecule has 0 saturated carbocycles. The Bertz CT molecular complexity index is 324. The predicted octanol–water partition coefficient (Wildman–Crippen LogP) is 2.30. The number of carbonyl (C=O) groups is 1. The normalized spacial score (nSPS) is 23.1. The smallest absolute Gasteiger partial charge is 0.248 e. The van der Waals surface area contributed by atoms with Crippen LogP contribution in [0.2, 0.25) is 0 Å². The van der Waals surface area contributed by atoms with Crippen LogP contribution in [0.5, 0.6) is 0 Å². The first-order valence-electron chi connectivity index (χ1n) is 4.12. The van der Waals surface area contributed by atoms with Crippen LogP contribution in [0.3, 0.4) is 0 Å². The number of allylic oxidation sites excluding steroid dienone is 1. The molecule has 5 heteroatoms. The van der Waals surface area contributed by atoms with E-state index in [4.69, 9.17) is 0 Å². The van der Waals surface area contributed by atoms with Gasteiger partial charge in [-0.3, -0.25) is 4.79 Å². The third-order valence-corrected chi connectivity index (χ3v) is 4.12. The van der Waals surface area contributed by atoms with Crippen molar-refractivity contribution in [1.82, 2.24) is 4.90 Å². The highest BCUT2D eigenvalue weighted by Gasteiger charge is 2.27. The molecule has 0 bridgehead atoms. The molecule has 2 heterocycles. The van der Waals surface area contributed by atoms with Gasteiger partial charge in [0.25, 0.3) is 0 Å². The van der Waals surface area contributed by atoms with Crippen molar-refractivity contribution in [1.29, 1.82) is 0 Å². The Hall–Kier alpha value is -0.290. The van der Waals surface area contributed by atoms with Crippen LogP contribution < -0.4 is 0 Å². The zero-order valence-electron chi connectivity index (χ0n) is 7.21. The number of thioether (sulfide) groups is 1. The van der Waals surface area contributed by atoms with E-state index in [1.807, 2.05) is 6.92 Å². The SMILES string of the molecule is CC1=C(Br)SC2=NC(=O)CCCN21. The molecule has 0 spiro atoms. The number of halogens is 1. The lowest BCUT2D eigenvalue weighted by atomic mass is 10.3. The minimum absolute atomic E-state index is 0.000000000000000444. The van der Waals surface area contributed by atoms with E-state index in [1.54, 1.807) is 0 Å². The minimum Gasteiger partial charge on any atom is -0.323 e. The van der Waals surface area contributed by atoms with Crippen LogP contribution in [0.4, 0.5) is 0 Å². The molecule has 70 valence electrons. The molecule has 2 aliphatic heterocycles. The molecular weight excluding hydrogens is 252 g/mol. The predicted molar refractivity (Wildman–Crippen MR) is 57.6 cm³/mol. The number of aliphatic imine (C=N–C) groups is 1. The Morgan fingerprint density at radius 1 is 1.62 bits per heavy atom. The van der Waals surface area contributed by atoms with Crippen molar-refractivity contribution in [2.75, 3.05) is 6.54 Å². The van der Waals surface area contributed by atoms with Gasteiger partial charge in [0.15, 0.2) is 5.17 Å². The summed E-state index contributed by atoms with van der Waals surface area (Å²) in [5, 5.41) is 0.826. The molecule has 0 aromatic heterocycles. The van der Waals surface area contributed by atoms with E-state index in [9.17, 15) is 4.79 Å². The molecule has 0 aliphatic carbocycles. The number of carbonyl (C=O) groups excluding carboxylic acids is 1. The van der Waals surface area contributed by atoms with E-state index in [0.29, 0.717) is 6.42 Å². The summed E-state index contributed by atoms with van der Waals surface area (Å²) in [7, 11) is 0. The highest BCUT2D eigenvalue weighted by Crippen LogP contribution is 2.38. The van der Waals surface area contributed by atoms with E-state index in [1.165, 1.54) is 17.5 Å². The lowest BCUT2D eigenvalue weighted by Crippen LogP contribution is -2.22. The fourth-order valence-electron chi connectivity index (χ4n) is 1.36. The van der Waals surface area contributed by atoms with Crippen LogP contribution in [0.15, 0.2) is 14.5 Å². The highest BCUT2D eigenvalue weighted by atomic mass is 79.9. The standard InChI is InChI=1S/C8H9BrN2OS/c1-5-7(9)13-8-10-6(12)3-2-4-11(5)8/h2-4H2,1H3. The summed E-state index contributed by atoms with van der Waals surface area (Å²) in [6.45, 7) is 2.94. The third kappa shape index (κ3) is 1.67. The topological polar surface area (TPSA) is 32.7 Å². The number of hydrogen-bond donors (Lipinski definition) is 0. The highest BCUT2D eigenvalue weighted by molar-refractivity contribution is 9.14. The summed E-state index contributed by atoms with van der Waals surface area (Å²) in [4.78, 5) is 17.3. The van der Waals surface area contributed by atoms with Crippen molar-refractivity contribution in [3.05, 3.63) is 9.51 Å². The molecule has 13 heavy (non-hydrogen) atoms. The van der Waals surface area contributed by atoms with Crippen molar-refractivity contribution >= 4 is 38.8 Å². The molecule has 1 amide bonds. The van der Waals surface area contributed by atoms with Crippen molar-refractivity contribution in [2.24, 2.45) is 4.99 Å². The van der Waals surface area contributed by atoms with Crippen LogP contribution >= 0.6 is 27.7 Å². The first-order chi connectivity index (χ1) is 6.18. The molecule has 0 saturated heterocycles. The Labute approximate surface area is 89.4 Å². The number of amides is 1. The zero-order chi connectivity index (χ0) is 9.42. The van der Waals surface area contributed by atoms with E-state index in [0.717, 1.165) is 21.9 Å². The molecule has 0 aromatic carbocycles. The average molecular weight is 261 g/mol. The summed E-state index contributed by atoms with van der Waals surface area (Å²) in [6, 6.07) is 0. The van der Waals surface area contributed by atoms with Gasteiger partial charge in [-0.1, -0.05) is 0 Å². The molecule has 0 unspecified atom stereocenters. The lowest BCUT2D eigenvalue weighted by molar-refractivity contribution is -0.117. The van der Waals surface area contributed by atoms with Crippen LogP contribution in [-0.2, 0) is 4.79 Å². The fraction of sp³-hybridized carbons (Fsp3) is 0.500. The Morgan fingerprint density at radius 3 is 3.15 bits per heavy atom. The monoisotopic (exact) mass is 260 g/mol. The van der Waals surface area contributed by atoms with Gasteiger partial charge in [0.05, 0.1) is 3.81 Å². The Morgan fingerprint density at radius 2 is 2.38 bits per heavy atom. The summed E-state index contributed by atoms with van der Waals surface area (Å²) >= 11 is 4.97. The van der Waals surface area contributed by atoms with Gasteiger partial charge in [-0.15, -0.1) is 0 Å². The second-order valence-corrected chi connectivity index (χ2v) is 5.30. The first-order valence-corrected chi connectivity index (χ1v) is 5.73. The largest absolute Gasteiger partial charge is 0.323 e. The molecule has 3 nitrogen and oxygen atoms in total. The summed E-state index contributed by atoms with van der Waals surface area (Å²) in [5.41, 5.74) is 1.17. The maximum Gasteiger partial charge on any atom is 0.248 e. The van der Waals surface area contributed by atoms with Crippen LogP contribution in [0.25, 0.3) is 0 Å². The Balaban J connectivity index is 2.31. The quantitative estimate of drug-likeness (QED) is 0.670. The minimum atomic E-state index is 0.000000000000000444. The number of nitrogens with zero attached hydrogens (tertiary/aromatic N) is 2. The van der Waals surface area contributed by atoms with Gasteiger partial charge in [0.1, 0.15) is 0 Å². The summed E-state index contributed by atoms with van der Waals surface area (Å²) in [5.74, 6) is 0.000000000000000444. The molecule has 2 aliphatic rings. The van der Waals surface area contributed by atoms with Gasteiger partial charge in [-0.25, -0.2) is 0 Å². The molecule has 0 aromatic rings. The van der Waals surface area contributed by atoms with Gasteiger partial charge < -0.3 is 4.90 Å². The maximum absolute atomic E-state index is 11.2. The van der Waals surface area contributed by atoms with E-state index < -0.39 is 0 Å². The molecule has 0 radical (unpaired) electrons. The lowest BCUT2D eigenvalue weighted by Gasteiger charge is -2.16. The molecule has 0 atom stereocenters. The summed E-state index contributed by atoms with van der Waals surface area (Å²) < 4.78 is 1.07. The van der Waals surface area contributed by atoms with Crippen LogP contribution in [0, 0.1) is 0 Å². The summed E-state index contributed by atoms with van der Waals surface area (Å²) in [6.07, 6.45) is 1.47. The van der Waals surface area contributed by atoms with Gasteiger partial charge in [0.2, 0.25) is 5.91 Å². The van der Waals surface area contributed by atoms with E-state index in [-0.39, 0.29) is 5.91 Å². The van der Waals surface area contributed by atoms with Gasteiger partial charge >= 0.3 is 0 Å². The van der Waals surface area contributed by atoms with Gasteiger partial charge in [0, 0.05) is 18.7 Å². The fourth-order valence-corrected chi connectivity index (χ4v) is 2.91. The van der Waals surface area contributed by atoms with Crippen molar-refractivity contribution in [3.8, 4) is 0 Å². The molecule has 0 N–H and O–H groups in total. The van der Waals surface area contributed by atoms with Crippen LogP contribution in [0.1, 0.15) is 19.8 Å². The number of fused-ring (bicyclic) bond motifs is 1. The second-order valence-electron chi connectivity index (χ2n) is 3.00. The first kappa shape index (κ1) is 9.27. The molecular formula is C8H9BrN2OS. The van der Waals surface area contributed by atoms with Crippen molar-refractivity contribution in [2.45, 2.75) is 19.8 Å². The van der Waals surface area contributed by atoms with E-state index >= 15 is 0 Å². The molecule has 2 rings (SSSR count). The van der Waals surface area contributed by atoms with Gasteiger partial charge in [-0.05, 0) is 41.0 Å². The number of amidine groups is 1. The van der Waals surface area contributed by atoms with E-state index in [2.05, 4.69) is 25.8 Å². The zero-order valence-corrected chi connectivity index (χ0v) is 9.61. The van der Waals surface area contributed by atoms with Crippen molar-refractivity contribution in [3.63, 3.8) is 0 Å². The third-order valence-electron chi connectivity index (χ3n) is 2.09. The molecule has 0 fully saturated rings. The maximum atomic E-state index is 11.2. The second kappa shape index (κ2) is 3.46. The van der Waals surface area contributed by atoms with Crippen molar-refractivity contribution < 1.29 is 4.79 Å². The number of hydrogen-bond acceptors (Lipinski definition) is 3. The Kier molecular flexibility index (Phi) is 2.47. The number of rotatable bonds is 0. The van der Waals surface area contributed by atoms with Gasteiger partial charge in [-0.2, -0.15) is 4.99 Å². The average Bonchev–Trinajstić information content (AvgIpc) is 2.28.